The van der Waals surface area contributed by atoms with Gasteiger partial charge in [-0.2, -0.15) is 0 Å². The Labute approximate surface area is 289 Å². The summed E-state index contributed by atoms with van der Waals surface area (Å²) in [6.07, 6.45) is 5.95. The van der Waals surface area contributed by atoms with Gasteiger partial charge in [-0.25, -0.2) is 9.59 Å². The van der Waals surface area contributed by atoms with E-state index in [1.165, 1.54) is 0 Å². The van der Waals surface area contributed by atoms with Crippen LogP contribution in [0.4, 0.5) is 5.82 Å². The Hall–Kier alpha value is -3.49. The number of ether oxygens (including phenoxy) is 2. The fourth-order valence-corrected chi connectivity index (χ4v) is 7.17. The molecule has 0 bridgehead atoms. The van der Waals surface area contributed by atoms with Gasteiger partial charge in [0, 0.05) is 23.6 Å². The van der Waals surface area contributed by atoms with Crippen LogP contribution in [0.5, 0.6) is 0 Å². The minimum atomic E-state index is -0.577. The van der Waals surface area contributed by atoms with Gasteiger partial charge in [-0.05, 0) is 81.4 Å². The second kappa shape index (κ2) is 17.3. The SMILES string of the molecule is CCOC(=O)C1=C(C(C)C)C(=Cc2[nH]c(N(C)C(=O)C(CC)(CC)CC)c(C(=O)OCC)c2C(C)C)N=C1CC(=O)C(CC)(CC)CC. The third-order valence-corrected chi connectivity index (χ3v) is 10.6. The van der Waals surface area contributed by atoms with E-state index in [0.717, 1.165) is 0 Å². The van der Waals surface area contributed by atoms with E-state index in [1.54, 1.807) is 25.8 Å². The maximum absolute atomic E-state index is 14.1. The highest BCUT2D eigenvalue weighted by Gasteiger charge is 2.40. The number of nitrogens with zero attached hydrogens (tertiary/aromatic N) is 2. The van der Waals surface area contributed by atoms with Gasteiger partial charge in [-0.1, -0.05) is 69.2 Å². The van der Waals surface area contributed by atoms with Crippen molar-refractivity contribution in [1.82, 2.24) is 4.98 Å². The summed E-state index contributed by atoms with van der Waals surface area (Å²) in [5.41, 5.74) is 2.46. The molecule has 0 saturated carbocycles. The summed E-state index contributed by atoms with van der Waals surface area (Å²) in [4.78, 5) is 65.0. The molecule has 0 radical (unpaired) electrons. The number of esters is 2. The summed E-state index contributed by atoms with van der Waals surface area (Å²) in [5, 5.41) is 0. The lowest BCUT2D eigenvalue weighted by Crippen LogP contribution is -2.42. The van der Waals surface area contributed by atoms with Crippen molar-refractivity contribution in [3.63, 3.8) is 0 Å². The minimum absolute atomic E-state index is 0.0166. The van der Waals surface area contributed by atoms with Crippen molar-refractivity contribution in [2.24, 2.45) is 21.7 Å². The first-order chi connectivity index (χ1) is 22.6. The van der Waals surface area contributed by atoms with Gasteiger partial charge in [0.05, 0.1) is 36.6 Å². The van der Waals surface area contributed by atoms with E-state index in [2.05, 4.69) is 4.98 Å². The van der Waals surface area contributed by atoms with Crippen LogP contribution in [0.15, 0.2) is 21.8 Å². The predicted octanol–water partition coefficient (Wildman–Crippen LogP) is 8.98. The molecule has 2 heterocycles. The molecule has 1 N–H and O–H groups in total. The van der Waals surface area contributed by atoms with E-state index in [4.69, 9.17) is 14.5 Å². The number of H-pyrrole nitrogens is 1. The predicted molar refractivity (Wildman–Crippen MR) is 194 cm³/mol. The number of aromatic amines is 1. The summed E-state index contributed by atoms with van der Waals surface area (Å²) in [7, 11) is 1.70. The molecule has 0 atom stereocenters. The second-order valence-corrected chi connectivity index (χ2v) is 13.4. The quantitative estimate of drug-likeness (QED) is 0.156. The number of rotatable bonds is 18. The first-order valence-electron chi connectivity index (χ1n) is 18.1. The molecule has 9 nitrogen and oxygen atoms in total. The number of nitrogens with one attached hydrogen (secondary N) is 1. The Bertz CT molecular complexity index is 1420. The molecular weight excluding hydrogens is 606 g/mol. The van der Waals surface area contributed by atoms with Crippen molar-refractivity contribution in [3.8, 4) is 0 Å². The van der Waals surface area contributed by atoms with Gasteiger partial charge >= 0.3 is 11.9 Å². The first-order valence-corrected chi connectivity index (χ1v) is 18.1. The van der Waals surface area contributed by atoms with Crippen LogP contribution in [0.3, 0.4) is 0 Å². The largest absolute Gasteiger partial charge is 0.462 e. The van der Waals surface area contributed by atoms with Crippen molar-refractivity contribution >= 4 is 41.2 Å². The molecule has 0 fully saturated rings. The molecule has 2 rings (SSSR count). The summed E-state index contributed by atoms with van der Waals surface area (Å²) in [6.45, 7) is 23.9. The number of aliphatic imine (C=N–C) groups is 1. The second-order valence-electron chi connectivity index (χ2n) is 13.4. The average molecular weight is 668 g/mol. The lowest BCUT2D eigenvalue weighted by molar-refractivity contribution is -0.138. The summed E-state index contributed by atoms with van der Waals surface area (Å²) >= 11 is 0. The van der Waals surface area contributed by atoms with Gasteiger partial charge in [-0.15, -0.1) is 0 Å². The third kappa shape index (κ3) is 7.86. The lowest BCUT2D eigenvalue weighted by atomic mass is 9.74. The Morgan fingerprint density at radius 2 is 1.27 bits per heavy atom. The number of ketones is 1. The zero-order valence-electron chi connectivity index (χ0n) is 31.9. The van der Waals surface area contributed by atoms with Crippen LogP contribution < -0.4 is 4.90 Å². The number of hydrogen-bond acceptors (Lipinski definition) is 7. The molecule has 9 heteroatoms. The van der Waals surface area contributed by atoms with Gasteiger partial charge < -0.3 is 19.4 Å². The van der Waals surface area contributed by atoms with Crippen molar-refractivity contribution < 1.29 is 28.7 Å². The number of Topliss-reactive ketones (excluding diaryl/α,β-unsaturated/α-hetero) is 1. The molecular formula is C39H61N3O6. The zero-order valence-corrected chi connectivity index (χ0v) is 31.9. The number of hydrogen-bond donors (Lipinski definition) is 1. The standard InChI is InChI=1S/C39H61N3O6/c1-14-38(15-2,16-3)29(43)23-28-32(35(44)47-20-7)30(24(9)10)26(40-28)22-27-31(25(11)12)33(36(45)48-21-8)34(41-27)42(13)37(46)39(17-4,18-5)19-6/h22,24-25,41H,14-21,23H2,1-13H3. The average Bonchev–Trinajstić information content (AvgIpc) is 3.61. The van der Waals surface area contributed by atoms with Crippen LogP contribution in [0.1, 0.15) is 156 Å². The number of carbonyl (C=O) groups excluding carboxylic acids is 4. The molecule has 48 heavy (non-hydrogen) atoms. The number of amides is 1. The topological polar surface area (TPSA) is 118 Å². The van der Waals surface area contributed by atoms with E-state index in [-0.39, 0.29) is 43.2 Å². The van der Waals surface area contributed by atoms with Crippen molar-refractivity contribution in [2.45, 2.75) is 134 Å². The molecule has 268 valence electrons. The van der Waals surface area contributed by atoms with E-state index < -0.39 is 22.8 Å². The Balaban J connectivity index is 2.98. The van der Waals surface area contributed by atoms with Gasteiger partial charge in [0.15, 0.2) is 0 Å². The summed E-state index contributed by atoms with van der Waals surface area (Å²) in [6, 6.07) is 0. The first kappa shape index (κ1) is 40.7. The fourth-order valence-electron chi connectivity index (χ4n) is 7.17. The molecule has 1 aliphatic rings. The van der Waals surface area contributed by atoms with Crippen molar-refractivity contribution in [1.29, 1.82) is 0 Å². The normalized spacial score (nSPS) is 14.6. The van der Waals surface area contributed by atoms with Crippen molar-refractivity contribution in [2.75, 3.05) is 25.2 Å². The van der Waals surface area contributed by atoms with E-state index >= 15 is 0 Å². The molecule has 1 amide bonds. The molecule has 0 aliphatic carbocycles. The van der Waals surface area contributed by atoms with Gasteiger partial charge in [-0.3, -0.25) is 14.6 Å². The van der Waals surface area contributed by atoms with Crippen LogP contribution >= 0.6 is 0 Å². The highest BCUT2D eigenvalue weighted by atomic mass is 16.5. The Morgan fingerprint density at radius 3 is 1.71 bits per heavy atom. The van der Waals surface area contributed by atoms with Crippen molar-refractivity contribution in [3.05, 3.63) is 33.7 Å². The van der Waals surface area contributed by atoms with Crippen LogP contribution in [0, 0.1) is 16.7 Å². The Morgan fingerprint density at radius 1 is 0.771 bits per heavy atom. The molecule has 0 unspecified atom stereocenters. The molecule has 1 aliphatic heterocycles. The maximum Gasteiger partial charge on any atom is 0.342 e. The van der Waals surface area contributed by atoms with Crippen LogP contribution in [0.25, 0.3) is 6.08 Å². The minimum Gasteiger partial charge on any atom is -0.462 e. The molecule has 0 aromatic carbocycles. The third-order valence-electron chi connectivity index (χ3n) is 10.6. The smallest absolute Gasteiger partial charge is 0.342 e. The fraction of sp³-hybridized carbons (Fsp3) is 0.667. The number of aromatic nitrogens is 1. The van der Waals surface area contributed by atoms with Gasteiger partial charge in [0.25, 0.3) is 0 Å². The van der Waals surface area contributed by atoms with Crippen LogP contribution in [0.2, 0.25) is 0 Å². The molecule has 0 spiro atoms. The Kier molecular flexibility index (Phi) is 14.6. The number of anilines is 1. The molecule has 1 aromatic heterocycles. The number of carbonyl (C=O) groups is 4. The van der Waals surface area contributed by atoms with E-state index in [9.17, 15) is 19.2 Å². The monoisotopic (exact) mass is 667 g/mol. The van der Waals surface area contributed by atoms with Gasteiger partial charge in [0.2, 0.25) is 5.91 Å². The zero-order chi connectivity index (χ0) is 36.6. The van der Waals surface area contributed by atoms with Crippen LogP contribution in [-0.2, 0) is 23.9 Å². The maximum atomic E-state index is 14.1. The lowest BCUT2D eigenvalue weighted by Gasteiger charge is -2.33. The number of allylic oxidation sites excluding steroid dienone is 1. The molecule has 0 saturated heterocycles. The summed E-state index contributed by atoms with van der Waals surface area (Å²) < 4.78 is 11.1. The highest BCUT2D eigenvalue weighted by molar-refractivity contribution is 6.27. The van der Waals surface area contributed by atoms with E-state index in [0.29, 0.717) is 83.7 Å². The van der Waals surface area contributed by atoms with Crippen LogP contribution in [-0.4, -0.2) is 54.6 Å². The molecule has 1 aromatic rings. The highest BCUT2D eigenvalue weighted by Crippen LogP contribution is 2.41. The van der Waals surface area contributed by atoms with Gasteiger partial charge in [0.1, 0.15) is 17.2 Å². The summed E-state index contributed by atoms with van der Waals surface area (Å²) in [5.74, 6) is -0.948. The van der Waals surface area contributed by atoms with E-state index in [1.807, 2.05) is 75.3 Å².